The van der Waals surface area contributed by atoms with Crippen molar-refractivity contribution in [3.63, 3.8) is 0 Å². The molecule has 0 amide bonds. The number of rotatable bonds is 4. The summed E-state index contributed by atoms with van der Waals surface area (Å²) < 4.78 is 7.57. The van der Waals surface area contributed by atoms with Gasteiger partial charge in [0.05, 0.1) is 0 Å². The fraction of sp³-hybridized carbons (Fsp3) is 0.278. The molecule has 0 aliphatic carbocycles. The van der Waals surface area contributed by atoms with E-state index in [9.17, 15) is 4.79 Å². The number of hydrogen-bond acceptors (Lipinski definition) is 3. The average molecular weight is 360 g/mol. The molecule has 22 heavy (non-hydrogen) atoms. The number of fused-ring (bicyclic) bond motifs is 2. The van der Waals surface area contributed by atoms with E-state index in [1.165, 1.54) is 9.95 Å². The summed E-state index contributed by atoms with van der Waals surface area (Å²) in [6.07, 6.45) is 0. The topological polar surface area (TPSA) is 29.5 Å². The van der Waals surface area contributed by atoms with Gasteiger partial charge >= 0.3 is 136 Å². The van der Waals surface area contributed by atoms with Gasteiger partial charge in [0.15, 0.2) is 0 Å². The quantitative estimate of drug-likeness (QED) is 0.528. The van der Waals surface area contributed by atoms with Gasteiger partial charge < -0.3 is 0 Å². The molecular formula is C18H19NO2Se. The van der Waals surface area contributed by atoms with Crippen LogP contribution in [-0.2, 0) is 0 Å². The van der Waals surface area contributed by atoms with Crippen molar-refractivity contribution >= 4 is 39.5 Å². The van der Waals surface area contributed by atoms with Gasteiger partial charge in [-0.3, -0.25) is 0 Å². The van der Waals surface area contributed by atoms with Crippen LogP contribution in [0, 0.1) is 0 Å². The Labute approximate surface area is 135 Å². The van der Waals surface area contributed by atoms with Gasteiger partial charge in [0.1, 0.15) is 0 Å². The van der Waals surface area contributed by atoms with Gasteiger partial charge in [-0.2, -0.15) is 0 Å². The Balaban J connectivity index is 2.27. The number of benzene rings is 2. The van der Waals surface area contributed by atoms with Gasteiger partial charge in [-0.15, -0.1) is 0 Å². The second-order valence-electron chi connectivity index (χ2n) is 5.15. The van der Waals surface area contributed by atoms with E-state index in [2.05, 4.69) is 30.9 Å². The van der Waals surface area contributed by atoms with Crippen molar-refractivity contribution in [2.75, 3.05) is 25.1 Å². The summed E-state index contributed by atoms with van der Waals surface area (Å²) in [6.45, 7) is 6.25. The van der Waals surface area contributed by atoms with Crippen LogP contribution in [0.25, 0.3) is 19.3 Å². The molecule has 0 fully saturated rings. The average Bonchev–Trinajstić information content (AvgIpc) is 2.55. The first kappa shape index (κ1) is 15.1. The van der Waals surface area contributed by atoms with E-state index in [4.69, 9.17) is 4.74 Å². The summed E-state index contributed by atoms with van der Waals surface area (Å²) in [5.41, 5.74) is 1.33. The molecule has 2 aromatic carbocycles. The zero-order chi connectivity index (χ0) is 15.7. The summed E-state index contributed by atoms with van der Waals surface area (Å²) in [6, 6.07) is 12.0. The Bertz CT molecular complexity index is 881. The van der Waals surface area contributed by atoms with Crippen LogP contribution in [0.1, 0.15) is 13.8 Å². The summed E-state index contributed by atoms with van der Waals surface area (Å²) in [7, 11) is 1.66. The Kier molecular flexibility index (Phi) is 4.23. The van der Waals surface area contributed by atoms with E-state index in [-0.39, 0.29) is 19.9 Å². The molecule has 0 unspecified atom stereocenters. The van der Waals surface area contributed by atoms with Crippen LogP contribution in [-0.4, -0.2) is 34.7 Å². The summed E-state index contributed by atoms with van der Waals surface area (Å²) in [5.74, 6) is 0.816. The van der Waals surface area contributed by atoms with E-state index >= 15 is 0 Å². The predicted octanol–water partition coefficient (Wildman–Crippen LogP) is 3.27. The molecule has 0 aliphatic heterocycles. The van der Waals surface area contributed by atoms with Crippen molar-refractivity contribution in [2.24, 2.45) is 0 Å². The number of nitrogens with zero attached hydrogens (tertiary/aromatic N) is 1. The van der Waals surface area contributed by atoms with Gasteiger partial charge in [-0.05, 0) is 0 Å². The number of anilines is 1. The second kappa shape index (κ2) is 6.15. The molecule has 0 radical (unpaired) electrons. The normalized spacial score (nSPS) is 11.0. The summed E-state index contributed by atoms with van der Waals surface area (Å²) in [5, 5.41) is 1.68. The molecular weight excluding hydrogens is 341 g/mol. The predicted molar refractivity (Wildman–Crippen MR) is 94.8 cm³/mol. The molecule has 114 valence electrons. The molecule has 3 aromatic rings. The van der Waals surface area contributed by atoms with Crippen LogP contribution in [0.15, 0.2) is 41.2 Å². The van der Waals surface area contributed by atoms with Gasteiger partial charge in [-0.1, -0.05) is 0 Å². The van der Waals surface area contributed by atoms with Crippen LogP contribution in [0.2, 0.25) is 0 Å². The molecule has 0 aliphatic rings. The molecule has 0 bridgehead atoms. The number of methoxy groups -OCH3 is 1. The van der Waals surface area contributed by atoms with Gasteiger partial charge in [0.2, 0.25) is 0 Å². The first-order valence-corrected chi connectivity index (χ1v) is 9.18. The zero-order valence-corrected chi connectivity index (χ0v) is 14.8. The van der Waals surface area contributed by atoms with Crippen molar-refractivity contribution in [2.45, 2.75) is 13.8 Å². The molecule has 0 saturated heterocycles. The Morgan fingerprint density at radius 2 is 1.64 bits per heavy atom. The Morgan fingerprint density at radius 3 is 2.27 bits per heavy atom. The maximum absolute atomic E-state index is 12.7. The van der Waals surface area contributed by atoms with E-state index in [0.29, 0.717) is 0 Å². The molecule has 4 heteroatoms. The van der Waals surface area contributed by atoms with Crippen LogP contribution in [0.5, 0.6) is 5.75 Å². The standard InChI is InChI=1S/C18H19NO2Se/c1-4-19(5-2)12-6-8-14-16(10-12)22-17-11-13(21-3)7-9-15(17)18(14)20/h6-11H,4-5H2,1-3H3. The molecule has 1 heterocycles. The van der Waals surface area contributed by atoms with Crippen molar-refractivity contribution in [3.8, 4) is 5.75 Å². The SMILES string of the molecule is CCN(CC)c1ccc2c(=O)c3ccc(OC)cc3[se]c2c1. The summed E-state index contributed by atoms with van der Waals surface area (Å²) in [4.78, 5) is 15.0. The number of ether oxygens (including phenoxy) is 1. The third-order valence-corrected chi connectivity index (χ3v) is 6.33. The van der Waals surface area contributed by atoms with Gasteiger partial charge in [0.25, 0.3) is 0 Å². The fourth-order valence-electron chi connectivity index (χ4n) is 2.73. The van der Waals surface area contributed by atoms with E-state index in [1.54, 1.807) is 7.11 Å². The van der Waals surface area contributed by atoms with Crippen LogP contribution < -0.4 is 15.1 Å². The molecule has 0 saturated carbocycles. The zero-order valence-electron chi connectivity index (χ0n) is 13.1. The molecule has 0 atom stereocenters. The molecule has 0 N–H and O–H groups in total. The Morgan fingerprint density at radius 1 is 1.00 bits per heavy atom. The van der Waals surface area contributed by atoms with Gasteiger partial charge in [-0.25, -0.2) is 0 Å². The van der Waals surface area contributed by atoms with Crippen LogP contribution >= 0.6 is 0 Å². The minimum absolute atomic E-state index is 0.131. The van der Waals surface area contributed by atoms with Crippen molar-refractivity contribution < 1.29 is 4.74 Å². The number of hydrogen-bond donors (Lipinski definition) is 0. The monoisotopic (exact) mass is 361 g/mol. The molecule has 3 rings (SSSR count). The molecule has 3 nitrogen and oxygen atoms in total. The van der Waals surface area contributed by atoms with Gasteiger partial charge in [0, 0.05) is 0 Å². The molecule has 1 aromatic heterocycles. The third-order valence-electron chi connectivity index (χ3n) is 3.99. The van der Waals surface area contributed by atoms with Crippen molar-refractivity contribution in [1.82, 2.24) is 0 Å². The molecule has 0 spiro atoms. The van der Waals surface area contributed by atoms with E-state index in [1.807, 2.05) is 24.3 Å². The van der Waals surface area contributed by atoms with Crippen molar-refractivity contribution in [1.29, 1.82) is 0 Å². The van der Waals surface area contributed by atoms with Crippen LogP contribution in [0.3, 0.4) is 0 Å². The second-order valence-corrected chi connectivity index (χ2v) is 7.42. The first-order chi connectivity index (χ1) is 10.7. The van der Waals surface area contributed by atoms with E-state index < -0.39 is 0 Å². The summed E-state index contributed by atoms with van der Waals surface area (Å²) >= 11 is 0.135. The van der Waals surface area contributed by atoms with Crippen molar-refractivity contribution in [3.05, 3.63) is 46.6 Å². The Hall–Kier alpha value is -1.77. The maximum atomic E-state index is 12.7. The van der Waals surface area contributed by atoms with E-state index in [0.717, 1.165) is 33.9 Å². The fourth-order valence-corrected chi connectivity index (χ4v) is 5.11. The first-order valence-electron chi connectivity index (χ1n) is 7.47. The van der Waals surface area contributed by atoms with Crippen LogP contribution in [0.4, 0.5) is 5.69 Å². The third kappa shape index (κ3) is 2.53. The minimum atomic E-state index is 0.131.